The van der Waals surface area contributed by atoms with Crippen LogP contribution in [0.5, 0.6) is 5.75 Å². The summed E-state index contributed by atoms with van der Waals surface area (Å²) in [6.07, 6.45) is -0.455. The number of para-hydroxylation sites is 1. The number of phenols is 1. The number of non-ortho nitro benzene ring substituents is 1. The maximum absolute atomic E-state index is 15.8. The Morgan fingerprint density at radius 3 is 2.12 bits per heavy atom. The number of nitrogens with one attached hydrogen (secondary N) is 1. The third-order valence-corrected chi connectivity index (χ3v) is 11.0. The van der Waals surface area contributed by atoms with Gasteiger partial charge < -0.3 is 19.9 Å². The van der Waals surface area contributed by atoms with E-state index in [-0.39, 0.29) is 30.3 Å². The van der Waals surface area contributed by atoms with Gasteiger partial charge in [0.25, 0.3) is 5.69 Å². The van der Waals surface area contributed by atoms with Crippen LogP contribution < -0.4 is 10.2 Å². The molecule has 5 aromatic carbocycles. The van der Waals surface area contributed by atoms with Gasteiger partial charge in [-0.25, -0.2) is 9.69 Å². The Labute approximate surface area is 326 Å². The number of rotatable bonds is 9. The summed E-state index contributed by atoms with van der Waals surface area (Å²) in [6, 6.07) is 33.7. The van der Waals surface area contributed by atoms with Gasteiger partial charge in [0.1, 0.15) is 29.9 Å². The lowest BCUT2D eigenvalue weighted by Crippen LogP contribution is -2.55. The topological polar surface area (TPSA) is 169 Å². The van der Waals surface area contributed by atoms with Gasteiger partial charge in [-0.05, 0) is 58.1 Å². The van der Waals surface area contributed by atoms with Crippen LogP contribution in [0.15, 0.2) is 146 Å². The van der Waals surface area contributed by atoms with E-state index in [1.54, 1.807) is 36.4 Å². The molecule has 0 saturated carbocycles. The van der Waals surface area contributed by atoms with E-state index >= 15 is 4.79 Å². The number of anilines is 1. The van der Waals surface area contributed by atoms with Crippen molar-refractivity contribution in [3.63, 3.8) is 0 Å². The molecule has 3 aliphatic rings. The highest BCUT2D eigenvalue weighted by molar-refractivity contribution is 6.23. The Hall–Kier alpha value is -7.12. The standard InChI is InChI=1S/C44H36N4O9/c1-2-25-45-40(50)35-37-41(51)57-38(29-13-7-4-8-14-29)36(28-11-5-3-6-12-28)47(37)39(30-19-23-32(49)24-20-30)44(35)33-15-9-10-16-34(33)46(42(44)52)43(53)56-26-27-17-21-31(22-18-27)48(54)55/h2-24,35-39,49H,1,25-26H2,(H,45,50)/t35-,36-,37-,38+,39+,44-/m1/s1. The number of aromatic hydroxyl groups is 1. The number of morpholine rings is 1. The van der Waals surface area contributed by atoms with E-state index in [0.29, 0.717) is 22.3 Å². The molecular weight excluding hydrogens is 729 g/mol. The molecule has 5 aromatic rings. The van der Waals surface area contributed by atoms with Crippen molar-refractivity contribution >= 4 is 35.3 Å². The largest absolute Gasteiger partial charge is 0.508 e. The number of esters is 1. The monoisotopic (exact) mass is 764 g/mol. The van der Waals surface area contributed by atoms with E-state index in [1.165, 1.54) is 42.5 Å². The Balaban J connectivity index is 1.35. The quantitative estimate of drug-likeness (QED) is 0.0722. The number of cyclic esters (lactones) is 1. The molecule has 13 heteroatoms. The van der Waals surface area contributed by atoms with Crippen molar-refractivity contribution in [3.05, 3.63) is 184 Å². The van der Waals surface area contributed by atoms with Gasteiger partial charge in [-0.3, -0.25) is 29.4 Å². The predicted molar refractivity (Wildman–Crippen MR) is 207 cm³/mol. The lowest BCUT2D eigenvalue weighted by molar-refractivity contribution is -0.384. The number of carbonyl (C=O) groups excluding carboxylic acids is 4. The third-order valence-electron chi connectivity index (χ3n) is 11.0. The molecular formula is C44H36N4O9. The number of nitro groups is 1. The first-order valence-corrected chi connectivity index (χ1v) is 18.3. The van der Waals surface area contributed by atoms with Crippen molar-refractivity contribution in [3.8, 4) is 5.75 Å². The SMILES string of the molecule is C=CCNC(=O)[C@H]1[C@@H]2C(=O)O[C@@H](c3ccccc3)[C@@H](c3ccccc3)N2[C@@H](c2ccc(O)cc2)[C@]12C(=O)N(C(=O)OCc1ccc([N+](=O)[O-])cc1)c1ccccc12. The number of fused-ring (bicyclic) bond motifs is 3. The van der Waals surface area contributed by atoms with E-state index < -0.39 is 64.4 Å². The molecule has 1 spiro atoms. The molecule has 286 valence electrons. The molecule has 2 saturated heterocycles. The second-order valence-corrected chi connectivity index (χ2v) is 14.0. The van der Waals surface area contributed by atoms with Crippen molar-refractivity contribution in [2.45, 2.75) is 36.3 Å². The molecule has 3 aliphatic heterocycles. The fourth-order valence-electron chi connectivity index (χ4n) is 8.71. The Kier molecular flexibility index (Phi) is 9.59. The number of hydrogen-bond acceptors (Lipinski definition) is 10. The lowest BCUT2D eigenvalue weighted by atomic mass is 9.65. The van der Waals surface area contributed by atoms with Gasteiger partial charge in [-0.1, -0.05) is 97.1 Å². The zero-order valence-corrected chi connectivity index (χ0v) is 30.3. The minimum absolute atomic E-state index is 0.0165. The van der Waals surface area contributed by atoms with Gasteiger partial charge in [0.2, 0.25) is 11.8 Å². The fourth-order valence-corrected chi connectivity index (χ4v) is 8.71. The summed E-state index contributed by atoms with van der Waals surface area (Å²) >= 11 is 0. The van der Waals surface area contributed by atoms with Crippen LogP contribution in [0.4, 0.5) is 16.2 Å². The van der Waals surface area contributed by atoms with Crippen molar-refractivity contribution in [2.75, 3.05) is 11.4 Å². The maximum Gasteiger partial charge on any atom is 0.421 e. The molecule has 3 amide bonds. The van der Waals surface area contributed by atoms with Crippen molar-refractivity contribution in [1.82, 2.24) is 10.2 Å². The minimum Gasteiger partial charge on any atom is -0.508 e. The van der Waals surface area contributed by atoms with Gasteiger partial charge in [-0.15, -0.1) is 6.58 Å². The molecule has 6 atom stereocenters. The van der Waals surface area contributed by atoms with E-state index in [4.69, 9.17) is 9.47 Å². The summed E-state index contributed by atoms with van der Waals surface area (Å²) in [6.45, 7) is 3.44. The smallest absolute Gasteiger partial charge is 0.421 e. The molecule has 3 heterocycles. The Morgan fingerprint density at radius 2 is 1.47 bits per heavy atom. The first-order chi connectivity index (χ1) is 27.7. The average molecular weight is 765 g/mol. The molecule has 13 nitrogen and oxygen atoms in total. The number of ether oxygens (including phenoxy) is 2. The van der Waals surface area contributed by atoms with Crippen LogP contribution in [0.3, 0.4) is 0 Å². The zero-order chi connectivity index (χ0) is 39.8. The van der Waals surface area contributed by atoms with Gasteiger partial charge in [0, 0.05) is 18.7 Å². The van der Waals surface area contributed by atoms with Crippen LogP contribution in [-0.2, 0) is 35.9 Å². The summed E-state index contributed by atoms with van der Waals surface area (Å²) in [5, 5.41) is 24.5. The van der Waals surface area contributed by atoms with Gasteiger partial charge in [0.05, 0.1) is 28.6 Å². The van der Waals surface area contributed by atoms with Crippen LogP contribution in [0.1, 0.15) is 46.0 Å². The van der Waals surface area contributed by atoms with Crippen LogP contribution in [0, 0.1) is 16.0 Å². The number of hydrogen-bond donors (Lipinski definition) is 2. The summed E-state index contributed by atoms with van der Waals surface area (Å²) in [5.41, 5.74) is 0.729. The number of amides is 3. The van der Waals surface area contributed by atoms with Crippen molar-refractivity contribution in [2.24, 2.45) is 5.92 Å². The van der Waals surface area contributed by atoms with Crippen LogP contribution >= 0.6 is 0 Å². The average Bonchev–Trinajstić information content (AvgIpc) is 3.69. The van der Waals surface area contributed by atoms with E-state index in [1.807, 2.05) is 65.6 Å². The fraction of sp³-hybridized carbons (Fsp3) is 0.182. The molecule has 0 unspecified atom stereocenters. The molecule has 0 radical (unpaired) electrons. The van der Waals surface area contributed by atoms with E-state index in [0.717, 1.165) is 10.5 Å². The Morgan fingerprint density at radius 1 is 0.842 bits per heavy atom. The molecule has 57 heavy (non-hydrogen) atoms. The number of phenolic OH excluding ortho intramolecular Hbond substituents is 1. The predicted octanol–water partition coefficient (Wildman–Crippen LogP) is 6.60. The normalized spacial score (nSPS) is 23.6. The molecule has 2 fully saturated rings. The molecule has 0 bridgehead atoms. The number of nitrogens with zero attached hydrogens (tertiary/aromatic N) is 3. The van der Waals surface area contributed by atoms with Gasteiger partial charge >= 0.3 is 12.1 Å². The third kappa shape index (κ3) is 6.08. The van der Waals surface area contributed by atoms with Crippen molar-refractivity contribution in [1.29, 1.82) is 0 Å². The molecule has 0 aliphatic carbocycles. The van der Waals surface area contributed by atoms with Crippen molar-refractivity contribution < 1.29 is 38.7 Å². The summed E-state index contributed by atoms with van der Waals surface area (Å²) < 4.78 is 12.1. The maximum atomic E-state index is 15.8. The second-order valence-electron chi connectivity index (χ2n) is 14.0. The van der Waals surface area contributed by atoms with E-state index in [2.05, 4.69) is 11.9 Å². The molecule has 8 rings (SSSR count). The minimum atomic E-state index is -1.95. The van der Waals surface area contributed by atoms with Crippen LogP contribution in [0.25, 0.3) is 0 Å². The summed E-state index contributed by atoms with van der Waals surface area (Å²) in [7, 11) is 0. The highest BCUT2D eigenvalue weighted by atomic mass is 16.6. The number of carbonyl (C=O) groups is 4. The molecule has 2 N–H and O–H groups in total. The highest BCUT2D eigenvalue weighted by Crippen LogP contribution is 2.65. The number of nitro benzene ring substituents is 1. The van der Waals surface area contributed by atoms with Crippen LogP contribution in [-0.4, -0.2) is 51.4 Å². The van der Waals surface area contributed by atoms with Gasteiger partial charge in [-0.2, -0.15) is 0 Å². The van der Waals surface area contributed by atoms with Gasteiger partial charge in [0.15, 0.2) is 0 Å². The zero-order valence-electron chi connectivity index (χ0n) is 30.3. The van der Waals surface area contributed by atoms with E-state index in [9.17, 15) is 29.6 Å². The number of imide groups is 1. The lowest BCUT2D eigenvalue weighted by Gasteiger charge is -2.46. The van der Waals surface area contributed by atoms with Crippen LogP contribution in [0.2, 0.25) is 0 Å². The first-order valence-electron chi connectivity index (χ1n) is 18.3. The second kappa shape index (κ2) is 14.8. The summed E-state index contributed by atoms with van der Waals surface area (Å²) in [4.78, 5) is 73.1. The summed E-state index contributed by atoms with van der Waals surface area (Å²) in [5.74, 6) is -3.69. The molecule has 0 aromatic heterocycles. The first kappa shape index (κ1) is 36.8. The Bertz CT molecular complexity index is 2370. The number of benzene rings is 5. The highest BCUT2D eigenvalue weighted by Gasteiger charge is 2.75.